The van der Waals surface area contributed by atoms with Crippen molar-refractivity contribution in [2.24, 2.45) is 0 Å². The van der Waals surface area contributed by atoms with Gasteiger partial charge in [-0.05, 0) is 17.7 Å². The lowest BCUT2D eigenvalue weighted by molar-refractivity contribution is 0.0264. The van der Waals surface area contributed by atoms with E-state index in [0.717, 1.165) is 64.0 Å². The van der Waals surface area contributed by atoms with Crippen LogP contribution in [0, 0.1) is 0 Å². The highest BCUT2D eigenvalue weighted by Gasteiger charge is 2.21. The lowest BCUT2D eigenvalue weighted by Gasteiger charge is -2.37. The fourth-order valence-corrected chi connectivity index (χ4v) is 3.28. The van der Waals surface area contributed by atoms with Crippen molar-refractivity contribution >= 4 is 17.7 Å². The lowest BCUT2D eigenvalue weighted by atomic mass is 10.1. The Balaban J connectivity index is 1.66. The van der Waals surface area contributed by atoms with Crippen molar-refractivity contribution in [3.8, 4) is 0 Å². The number of morpholine rings is 1. The van der Waals surface area contributed by atoms with Gasteiger partial charge in [0.2, 0.25) is 0 Å². The van der Waals surface area contributed by atoms with Crippen molar-refractivity contribution in [2.45, 2.75) is 6.04 Å². The summed E-state index contributed by atoms with van der Waals surface area (Å²) in [7, 11) is 0. The van der Waals surface area contributed by atoms with E-state index < -0.39 is 0 Å². The summed E-state index contributed by atoms with van der Waals surface area (Å²) in [4.78, 5) is 5.10. The van der Waals surface area contributed by atoms with Crippen molar-refractivity contribution < 1.29 is 4.74 Å². The van der Waals surface area contributed by atoms with Crippen molar-refractivity contribution in [2.75, 3.05) is 59.0 Å². The van der Waals surface area contributed by atoms with Gasteiger partial charge in [-0.2, -0.15) is 0 Å². The normalized spacial score (nSPS) is 22.5. The van der Waals surface area contributed by atoms with Gasteiger partial charge < -0.3 is 10.1 Å². The summed E-state index contributed by atoms with van der Waals surface area (Å²) in [5.74, 6) is 0. The number of halogens is 1. The standard InChI is InChI=1S/C18H26ClN3O/c19-17-4-1-16(2-5-17)3-6-18(22-9-7-20-8-10-22)15-21-11-13-23-14-12-21/h1-6,18,20H,7-15H2/b6-3+. The van der Waals surface area contributed by atoms with Gasteiger partial charge in [0, 0.05) is 56.9 Å². The first-order chi connectivity index (χ1) is 11.3. The van der Waals surface area contributed by atoms with Gasteiger partial charge in [0.1, 0.15) is 0 Å². The molecule has 1 atom stereocenters. The highest BCUT2D eigenvalue weighted by Crippen LogP contribution is 2.13. The zero-order valence-corrected chi connectivity index (χ0v) is 14.3. The van der Waals surface area contributed by atoms with Crippen molar-refractivity contribution in [1.29, 1.82) is 0 Å². The zero-order chi connectivity index (χ0) is 15.9. The Kier molecular flexibility index (Phi) is 6.48. The van der Waals surface area contributed by atoms with Crippen LogP contribution in [0.5, 0.6) is 0 Å². The molecule has 126 valence electrons. The van der Waals surface area contributed by atoms with Crippen molar-refractivity contribution in [3.05, 3.63) is 40.9 Å². The zero-order valence-electron chi connectivity index (χ0n) is 13.6. The molecule has 1 aromatic rings. The van der Waals surface area contributed by atoms with Gasteiger partial charge in [-0.1, -0.05) is 35.9 Å². The number of piperazine rings is 1. The minimum absolute atomic E-state index is 0.450. The van der Waals surface area contributed by atoms with Crippen LogP contribution in [0.3, 0.4) is 0 Å². The van der Waals surface area contributed by atoms with Gasteiger partial charge in [-0.15, -0.1) is 0 Å². The first kappa shape index (κ1) is 16.9. The molecule has 1 unspecified atom stereocenters. The Hall–Kier alpha value is -0.910. The van der Waals surface area contributed by atoms with Gasteiger partial charge in [0.15, 0.2) is 0 Å². The molecule has 1 aromatic carbocycles. The number of ether oxygens (including phenoxy) is 1. The van der Waals surface area contributed by atoms with Crippen LogP contribution in [0.15, 0.2) is 30.3 Å². The monoisotopic (exact) mass is 335 g/mol. The first-order valence-electron chi connectivity index (χ1n) is 8.50. The average Bonchev–Trinajstić information content (AvgIpc) is 2.61. The van der Waals surface area contributed by atoms with Crippen LogP contribution < -0.4 is 5.32 Å². The van der Waals surface area contributed by atoms with E-state index in [1.165, 1.54) is 5.56 Å². The van der Waals surface area contributed by atoms with Crippen LogP contribution in [-0.2, 0) is 4.74 Å². The quantitative estimate of drug-likeness (QED) is 0.890. The van der Waals surface area contributed by atoms with E-state index >= 15 is 0 Å². The second-order valence-electron chi connectivity index (χ2n) is 6.18. The summed E-state index contributed by atoms with van der Waals surface area (Å²) in [5.41, 5.74) is 1.21. The predicted molar refractivity (Wildman–Crippen MR) is 96.0 cm³/mol. The molecule has 2 heterocycles. The van der Waals surface area contributed by atoms with Crippen LogP contribution in [0.25, 0.3) is 6.08 Å². The second kappa shape index (κ2) is 8.81. The number of rotatable bonds is 5. The van der Waals surface area contributed by atoms with E-state index in [1.54, 1.807) is 0 Å². The molecule has 0 amide bonds. The molecule has 2 aliphatic heterocycles. The Labute approximate surface area is 144 Å². The second-order valence-corrected chi connectivity index (χ2v) is 6.61. The van der Waals surface area contributed by atoms with E-state index in [4.69, 9.17) is 16.3 Å². The summed E-state index contributed by atoms with van der Waals surface area (Å²) in [6.45, 7) is 9.25. The molecule has 2 aliphatic rings. The molecular formula is C18H26ClN3O. The molecule has 1 N–H and O–H groups in total. The molecule has 2 fully saturated rings. The molecule has 4 nitrogen and oxygen atoms in total. The molecular weight excluding hydrogens is 310 g/mol. The molecule has 0 aromatic heterocycles. The highest BCUT2D eigenvalue weighted by molar-refractivity contribution is 6.30. The summed E-state index contributed by atoms with van der Waals surface area (Å²) >= 11 is 5.97. The molecule has 0 saturated carbocycles. The van der Waals surface area contributed by atoms with Crippen LogP contribution in [-0.4, -0.2) is 74.9 Å². The maximum atomic E-state index is 5.97. The van der Waals surface area contributed by atoms with Gasteiger partial charge in [-0.3, -0.25) is 9.80 Å². The van der Waals surface area contributed by atoms with Gasteiger partial charge >= 0.3 is 0 Å². The minimum Gasteiger partial charge on any atom is -0.379 e. The van der Waals surface area contributed by atoms with E-state index in [0.29, 0.717) is 6.04 Å². The molecule has 0 bridgehead atoms. The Morgan fingerprint density at radius 3 is 2.48 bits per heavy atom. The summed E-state index contributed by atoms with van der Waals surface area (Å²) in [5, 5.41) is 4.23. The minimum atomic E-state index is 0.450. The lowest BCUT2D eigenvalue weighted by Crippen LogP contribution is -2.52. The topological polar surface area (TPSA) is 27.7 Å². The molecule has 0 spiro atoms. The molecule has 23 heavy (non-hydrogen) atoms. The molecule has 0 radical (unpaired) electrons. The number of nitrogens with zero attached hydrogens (tertiary/aromatic N) is 2. The molecule has 3 rings (SSSR count). The predicted octanol–water partition coefficient (Wildman–Crippen LogP) is 1.96. The Morgan fingerprint density at radius 2 is 1.78 bits per heavy atom. The fourth-order valence-electron chi connectivity index (χ4n) is 3.16. The summed E-state index contributed by atoms with van der Waals surface area (Å²) in [6.07, 6.45) is 4.58. The van der Waals surface area contributed by atoms with E-state index in [-0.39, 0.29) is 0 Å². The number of hydrogen-bond acceptors (Lipinski definition) is 4. The van der Waals surface area contributed by atoms with E-state index in [1.807, 2.05) is 12.1 Å². The van der Waals surface area contributed by atoms with Crippen LogP contribution >= 0.6 is 11.6 Å². The number of hydrogen-bond donors (Lipinski definition) is 1. The highest BCUT2D eigenvalue weighted by atomic mass is 35.5. The van der Waals surface area contributed by atoms with Crippen LogP contribution in [0.2, 0.25) is 5.02 Å². The van der Waals surface area contributed by atoms with Crippen molar-refractivity contribution in [1.82, 2.24) is 15.1 Å². The molecule has 0 aliphatic carbocycles. The third-order valence-corrected chi connectivity index (χ3v) is 4.80. The SMILES string of the molecule is Clc1ccc(/C=C/C(CN2CCOCC2)N2CCNCC2)cc1. The third kappa shape index (κ3) is 5.30. The van der Waals surface area contributed by atoms with E-state index in [9.17, 15) is 0 Å². The van der Waals surface area contributed by atoms with E-state index in [2.05, 4.69) is 39.4 Å². The largest absolute Gasteiger partial charge is 0.379 e. The Morgan fingerprint density at radius 1 is 1.09 bits per heavy atom. The summed E-state index contributed by atoms with van der Waals surface area (Å²) in [6, 6.07) is 8.49. The van der Waals surface area contributed by atoms with Crippen molar-refractivity contribution in [3.63, 3.8) is 0 Å². The fraction of sp³-hybridized carbons (Fsp3) is 0.556. The first-order valence-corrected chi connectivity index (χ1v) is 8.88. The maximum Gasteiger partial charge on any atom is 0.0594 e. The van der Waals surface area contributed by atoms with Crippen LogP contribution in [0.4, 0.5) is 0 Å². The number of nitrogens with one attached hydrogen (secondary N) is 1. The maximum absolute atomic E-state index is 5.97. The average molecular weight is 336 g/mol. The van der Waals surface area contributed by atoms with Crippen LogP contribution in [0.1, 0.15) is 5.56 Å². The van der Waals surface area contributed by atoms with Gasteiger partial charge in [0.05, 0.1) is 13.2 Å². The Bertz CT molecular complexity index is 493. The summed E-state index contributed by atoms with van der Waals surface area (Å²) < 4.78 is 5.47. The molecule has 2 saturated heterocycles. The molecule has 5 heteroatoms. The van der Waals surface area contributed by atoms with Gasteiger partial charge in [0.25, 0.3) is 0 Å². The van der Waals surface area contributed by atoms with Gasteiger partial charge in [-0.25, -0.2) is 0 Å². The third-order valence-electron chi connectivity index (χ3n) is 4.55. The smallest absolute Gasteiger partial charge is 0.0594 e. The number of benzene rings is 1.